The monoisotopic (exact) mass is 217 g/mol. The van der Waals surface area contributed by atoms with Crippen LogP contribution in [0.25, 0.3) is 0 Å². The van der Waals surface area contributed by atoms with Crippen LogP contribution in [0.3, 0.4) is 0 Å². The first-order chi connectivity index (χ1) is 5.27. The molecule has 0 radical (unpaired) electrons. The Morgan fingerprint density at radius 1 is 1.82 bits per heavy atom. The van der Waals surface area contributed by atoms with E-state index in [0.29, 0.717) is 18.9 Å². The van der Waals surface area contributed by atoms with Crippen molar-refractivity contribution in [3.63, 3.8) is 0 Å². The molecule has 2 nitrogen and oxygen atoms in total. The van der Waals surface area contributed by atoms with Gasteiger partial charge in [-0.15, -0.1) is 6.58 Å². The van der Waals surface area contributed by atoms with Crippen molar-refractivity contribution in [3.05, 3.63) is 12.7 Å². The van der Waals surface area contributed by atoms with Gasteiger partial charge in [0.15, 0.2) is 0 Å². The van der Waals surface area contributed by atoms with Crippen LogP contribution in [0.15, 0.2) is 12.7 Å². The molecule has 1 rings (SSSR count). The van der Waals surface area contributed by atoms with Crippen molar-refractivity contribution < 1.29 is 4.79 Å². The minimum Gasteiger partial charge on any atom is -0.339 e. The van der Waals surface area contributed by atoms with E-state index >= 15 is 0 Å². The topological polar surface area (TPSA) is 20.3 Å². The van der Waals surface area contributed by atoms with E-state index in [1.54, 1.807) is 6.08 Å². The molecule has 62 valence electrons. The summed E-state index contributed by atoms with van der Waals surface area (Å²) in [7, 11) is 0. The fourth-order valence-corrected chi connectivity index (χ4v) is 1.72. The van der Waals surface area contributed by atoms with Gasteiger partial charge in [0.1, 0.15) is 0 Å². The molecule has 0 aromatic rings. The molecular weight excluding hydrogens is 206 g/mol. The summed E-state index contributed by atoms with van der Waals surface area (Å²) in [6, 6.07) is 0. The van der Waals surface area contributed by atoms with E-state index in [1.807, 2.05) is 4.90 Å². The normalized spacial score (nSPS) is 24.3. The third kappa shape index (κ3) is 2.06. The number of alkyl halides is 1. The van der Waals surface area contributed by atoms with Crippen molar-refractivity contribution in [2.75, 3.05) is 18.4 Å². The predicted octanol–water partition coefficient (Wildman–Crippen LogP) is 1.42. The average Bonchev–Trinajstić information content (AvgIpc) is 2.33. The highest BCUT2D eigenvalue weighted by atomic mass is 79.9. The second kappa shape index (κ2) is 3.90. The summed E-state index contributed by atoms with van der Waals surface area (Å²) < 4.78 is 0. The Kier molecular flexibility index (Phi) is 3.12. The number of carbonyl (C=O) groups is 1. The van der Waals surface area contributed by atoms with Crippen LogP contribution in [0.5, 0.6) is 0 Å². The van der Waals surface area contributed by atoms with E-state index in [2.05, 4.69) is 22.5 Å². The van der Waals surface area contributed by atoms with Gasteiger partial charge in [0.2, 0.25) is 5.91 Å². The molecule has 1 saturated heterocycles. The van der Waals surface area contributed by atoms with Crippen molar-refractivity contribution in [2.24, 2.45) is 5.92 Å². The lowest BCUT2D eigenvalue weighted by Gasteiger charge is -2.12. The lowest BCUT2D eigenvalue weighted by Crippen LogP contribution is -2.25. The molecule has 1 atom stereocenters. The Morgan fingerprint density at radius 3 is 3.00 bits per heavy atom. The molecule has 0 N–H and O–H groups in total. The van der Waals surface area contributed by atoms with Gasteiger partial charge < -0.3 is 4.90 Å². The van der Waals surface area contributed by atoms with E-state index in [9.17, 15) is 4.79 Å². The molecule has 0 aromatic carbocycles. The first-order valence-electron chi connectivity index (χ1n) is 3.72. The summed E-state index contributed by atoms with van der Waals surface area (Å²) in [6.07, 6.45) is 2.47. The molecule has 1 fully saturated rings. The van der Waals surface area contributed by atoms with Gasteiger partial charge in [0, 0.05) is 24.8 Å². The molecule has 11 heavy (non-hydrogen) atoms. The third-order valence-corrected chi connectivity index (χ3v) is 2.78. The zero-order chi connectivity index (χ0) is 8.27. The zero-order valence-electron chi connectivity index (χ0n) is 6.42. The molecule has 0 aliphatic carbocycles. The minimum absolute atomic E-state index is 0.259. The number of hydrogen-bond acceptors (Lipinski definition) is 1. The first kappa shape index (κ1) is 8.78. The number of carbonyl (C=O) groups excluding carboxylic acids is 1. The van der Waals surface area contributed by atoms with Crippen molar-refractivity contribution >= 4 is 21.8 Å². The molecule has 0 spiro atoms. The summed E-state index contributed by atoms with van der Waals surface area (Å²) in [6.45, 7) is 5.19. The smallest absolute Gasteiger partial charge is 0.223 e. The van der Waals surface area contributed by atoms with Crippen molar-refractivity contribution in [3.8, 4) is 0 Å². The molecule has 0 saturated carbocycles. The molecular formula is C8H12BrNO. The Morgan fingerprint density at radius 2 is 2.55 bits per heavy atom. The number of nitrogens with zero attached hydrogens (tertiary/aromatic N) is 1. The maximum absolute atomic E-state index is 11.2. The standard InChI is InChI=1S/C8H12BrNO/c1-2-3-10-6-7(5-9)4-8(10)11/h2,7H,1,3-6H2. The van der Waals surface area contributed by atoms with Crippen LogP contribution < -0.4 is 0 Å². The van der Waals surface area contributed by atoms with Crippen molar-refractivity contribution in [2.45, 2.75) is 6.42 Å². The van der Waals surface area contributed by atoms with Gasteiger partial charge in [-0.05, 0) is 5.92 Å². The van der Waals surface area contributed by atoms with E-state index in [0.717, 1.165) is 11.9 Å². The van der Waals surface area contributed by atoms with Crippen LogP contribution in [-0.2, 0) is 4.79 Å². The van der Waals surface area contributed by atoms with E-state index in [1.165, 1.54) is 0 Å². The van der Waals surface area contributed by atoms with Crippen LogP contribution in [-0.4, -0.2) is 29.2 Å². The van der Waals surface area contributed by atoms with Gasteiger partial charge >= 0.3 is 0 Å². The Hall–Kier alpha value is -0.310. The van der Waals surface area contributed by atoms with Crippen LogP contribution in [0.4, 0.5) is 0 Å². The van der Waals surface area contributed by atoms with E-state index in [4.69, 9.17) is 0 Å². The van der Waals surface area contributed by atoms with Crippen LogP contribution in [0.1, 0.15) is 6.42 Å². The van der Waals surface area contributed by atoms with Gasteiger partial charge in [-0.2, -0.15) is 0 Å². The maximum atomic E-state index is 11.2. The average molecular weight is 218 g/mol. The number of amides is 1. The molecule has 3 heteroatoms. The van der Waals surface area contributed by atoms with Crippen molar-refractivity contribution in [1.29, 1.82) is 0 Å². The second-order valence-corrected chi connectivity index (χ2v) is 3.46. The maximum Gasteiger partial charge on any atom is 0.223 e. The van der Waals surface area contributed by atoms with Crippen LogP contribution >= 0.6 is 15.9 Å². The summed E-state index contributed by atoms with van der Waals surface area (Å²) in [5, 5.41) is 0.923. The molecule has 1 aliphatic rings. The lowest BCUT2D eigenvalue weighted by molar-refractivity contribution is -0.127. The lowest BCUT2D eigenvalue weighted by atomic mass is 10.2. The number of hydrogen-bond donors (Lipinski definition) is 0. The highest BCUT2D eigenvalue weighted by molar-refractivity contribution is 9.09. The summed E-state index contributed by atoms with van der Waals surface area (Å²) in [5.74, 6) is 0.761. The molecule has 1 aliphatic heterocycles. The van der Waals surface area contributed by atoms with Crippen LogP contribution in [0.2, 0.25) is 0 Å². The third-order valence-electron chi connectivity index (χ3n) is 1.86. The molecule has 1 unspecified atom stereocenters. The van der Waals surface area contributed by atoms with E-state index in [-0.39, 0.29) is 5.91 Å². The quantitative estimate of drug-likeness (QED) is 0.518. The Bertz CT molecular complexity index is 169. The molecule has 1 amide bonds. The zero-order valence-corrected chi connectivity index (χ0v) is 8.01. The highest BCUT2D eigenvalue weighted by Gasteiger charge is 2.27. The summed E-state index contributed by atoms with van der Waals surface area (Å²) in [5.41, 5.74) is 0. The summed E-state index contributed by atoms with van der Waals surface area (Å²) >= 11 is 3.38. The minimum atomic E-state index is 0.259. The van der Waals surface area contributed by atoms with Gasteiger partial charge in [-0.25, -0.2) is 0 Å². The molecule has 0 aromatic heterocycles. The highest BCUT2D eigenvalue weighted by Crippen LogP contribution is 2.18. The van der Waals surface area contributed by atoms with E-state index < -0.39 is 0 Å². The first-order valence-corrected chi connectivity index (χ1v) is 4.84. The second-order valence-electron chi connectivity index (χ2n) is 2.81. The number of rotatable bonds is 3. The Labute approximate surface area is 75.4 Å². The van der Waals surface area contributed by atoms with Gasteiger partial charge in [0.25, 0.3) is 0 Å². The molecule has 0 bridgehead atoms. The van der Waals surface area contributed by atoms with Gasteiger partial charge in [0.05, 0.1) is 0 Å². The SMILES string of the molecule is C=CCN1CC(CBr)CC1=O. The largest absolute Gasteiger partial charge is 0.339 e. The summed E-state index contributed by atoms with van der Waals surface area (Å²) in [4.78, 5) is 13.0. The van der Waals surface area contributed by atoms with Crippen molar-refractivity contribution in [1.82, 2.24) is 4.90 Å². The Balaban J connectivity index is 2.44. The molecule has 1 heterocycles. The predicted molar refractivity (Wildman–Crippen MR) is 48.7 cm³/mol. The fourth-order valence-electron chi connectivity index (χ4n) is 1.29. The van der Waals surface area contributed by atoms with Gasteiger partial charge in [-0.3, -0.25) is 4.79 Å². The van der Waals surface area contributed by atoms with Gasteiger partial charge in [-0.1, -0.05) is 22.0 Å². The fraction of sp³-hybridized carbons (Fsp3) is 0.625. The van der Waals surface area contributed by atoms with Crippen LogP contribution in [0, 0.1) is 5.92 Å². The number of likely N-dealkylation sites (tertiary alicyclic amines) is 1. The number of halogens is 1.